The molecule has 0 aliphatic rings. The first-order chi connectivity index (χ1) is 22.2. The van der Waals surface area contributed by atoms with E-state index in [1.807, 2.05) is 0 Å². The third kappa shape index (κ3) is 32.9. The zero-order valence-electron chi connectivity index (χ0n) is 29.3. The van der Waals surface area contributed by atoms with Crippen molar-refractivity contribution in [2.45, 2.75) is 187 Å². The summed E-state index contributed by atoms with van der Waals surface area (Å²) >= 11 is 0. The van der Waals surface area contributed by atoms with Gasteiger partial charge in [-0.05, 0) is 6.42 Å². The van der Waals surface area contributed by atoms with Crippen LogP contribution in [0.3, 0.4) is 0 Å². The van der Waals surface area contributed by atoms with E-state index in [-0.39, 0.29) is 13.0 Å². The van der Waals surface area contributed by atoms with Gasteiger partial charge in [-0.15, -0.1) is 0 Å². The lowest BCUT2D eigenvalue weighted by Gasteiger charge is -2.20. The fourth-order valence-corrected chi connectivity index (χ4v) is 6.04. The summed E-state index contributed by atoms with van der Waals surface area (Å²) in [5.74, 6) is -1.11. The molecule has 10 nitrogen and oxygen atoms in total. The van der Waals surface area contributed by atoms with Crippen LogP contribution >= 0.6 is 7.82 Å². The Hall–Kier alpha value is -1.03. The second-order valence-corrected chi connectivity index (χ2v) is 14.1. The molecule has 0 aliphatic carbocycles. The van der Waals surface area contributed by atoms with E-state index >= 15 is 0 Å². The molecule has 3 unspecified atom stereocenters. The highest BCUT2D eigenvalue weighted by atomic mass is 31.2. The van der Waals surface area contributed by atoms with Crippen molar-refractivity contribution in [2.75, 3.05) is 26.4 Å². The van der Waals surface area contributed by atoms with Gasteiger partial charge in [0.25, 0.3) is 0 Å². The van der Waals surface area contributed by atoms with Gasteiger partial charge in [0.05, 0.1) is 19.8 Å². The van der Waals surface area contributed by atoms with Gasteiger partial charge in [-0.1, -0.05) is 155 Å². The highest BCUT2D eigenvalue weighted by Crippen LogP contribution is 2.43. The zero-order valence-corrected chi connectivity index (χ0v) is 30.2. The number of hydrogen-bond acceptors (Lipinski definition) is 9. The van der Waals surface area contributed by atoms with Gasteiger partial charge < -0.3 is 24.6 Å². The van der Waals surface area contributed by atoms with Crippen molar-refractivity contribution in [3.63, 3.8) is 0 Å². The largest absolute Gasteiger partial charge is 0.472 e. The average molecular weight is 681 g/mol. The normalized spacial score (nSPS) is 14.1. The van der Waals surface area contributed by atoms with Crippen LogP contribution in [0.25, 0.3) is 0 Å². The Morgan fingerprint density at radius 2 is 0.978 bits per heavy atom. The number of aliphatic hydroxyl groups excluding tert-OH is 2. The van der Waals surface area contributed by atoms with Gasteiger partial charge in [0, 0.05) is 13.3 Å². The summed E-state index contributed by atoms with van der Waals surface area (Å²) in [7, 11) is -4.57. The maximum Gasteiger partial charge on any atom is 0.472 e. The molecule has 0 saturated carbocycles. The maximum absolute atomic E-state index is 12.3. The Bertz CT molecular complexity index is 751. The minimum absolute atomic E-state index is 0.186. The molecule has 0 amide bonds. The standard InChI is InChI=1S/C35H69O10P/c1-3-4-5-6-7-8-9-10-11-12-13-14-15-16-17-18-19-20-21-22-23-24-25-26-27-35(39)45-34(30-42-32(2)37)31-44-46(40,41)43-29-33(38)28-36/h33-34,36,38H,3-31H2,1-2H3,(H,40,41). The Morgan fingerprint density at radius 3 is 1.35 bits per heavy atom. The van der Waals surface area contributed by atoms with Crippen LogP contribution in [0.2, 0.25) is 0 Å². The molecule has 0 aromatic carbocycles. The van der Waals surface area contributed by atoms with E-state index < -0.39 is 51.8 Å². The zero-order chi connectivity index (χ0) is 34.1. The number of hydrogen-bond donors (Lipinski definition) is 3. The lowest BCUT2D eigenvalue weighted by Crippen LogP contribution is -2.29. The van der Waals surface area contributed by atoms with Crippen molar-refractivity contribution in [2.24, 2.45) is 0 Å². The molecule has 0 spiro atoms. The summed E-state index contributed by atoms with van der Waals surface area (Å²) in [5, 5.41) is 18.0. The molecule has 0 aliphatic heterocycles. The number of carbonyl (C=O) groups excluding carboxylic acids is 2. The second kappa shape index (κ2) is 32.5. The monoisotopic (exact) mass is 680 g/mol. The number of rotatable bonds is 35. The van der Waals surface area contributed by atoms with E-state index in [0.29, 0.717) is 6.42 Å². The van der Waals surface area contributed by atoms with Gasteiger partial charge in [-0.2, -0.15) is 0 Å². The molecule has 0 radical (unpaired) electrons. The van der Waals surface area contributed by atoms with Crippen molar-refractivity contribution < 1.29 is 47.8 Å². The SMILES string of the molecule is CCCCCCCCCCCCCCCCCCCCCCCCCCC(=O)OC(COC(C)=O)COP(=O)(O)OCC(O)CO. The quantitative estimate of drug-likeness (QED) is 0.0337. The third-order valence-corrected chi connectivity index (χ3v) is 9.02. The van der Waals surface area contributed by atoms with E-state index in [0.717, 1.165) is 19.3 Å². The van der Waals surface area contributed by atoms with Crippen molar-refractivity contribution in [3.05, 3.63) is 0 Å². The highest BCUT2D eigenvalue weighted by Gasteiger charge is 2.26. The number of ether oxygens (including phenoxy) is 2. The average Bonchev–Trinajstić information content (AvgIpc) is 3.03. The fraction of sp³-hybridized carbons (Fsp3) is 0.943. The maximum atomic E-state index is 12.3. The van der Waals surface area contributed by atoms with Crippen LogP contribution in [-0.2, 0) is 32.7 Å². The molecule has 3 atom stereocenters. The molecule has 3 N–H and O–H groups in total. The van der Waals surface area contributed by atoms with Gasteiger partial charge in [0.1, 0.15) is 12.7 Å². The first-order valence-corrected chi connectivity index (χ1v) is 19.9. The van der Waals surface area contributed by atoms with Gasteiger partial charge in [-0.25, -0.2) is 4.57 Å². The van der Waals surface area contributed by atoms with E-state index in [2.05, 4.69) is 11.4 Å². The number of unbranched alkanes of at least 4 members (excludes halogenated alkanes) is 23. The van der Waals surface area contributed by atoms with Crippen LogP contribution in [0.1, 0.15) is 174 Å². The minimum atomic E-state index is -4.57. The number of aliphatic hydroxyl groups is 2. The summed E-state index contributed by atoms with van der Waals surface area (Å²) in [5.41, 5.74) is 0. The number of phosphoric ester groups is 1. The molecular weight excluding hydrogens is 611 g/mol. The van der Waals surface area contributed by atoms with Gasteiger partial charge >= 0.3 is 19.8 Å². The van der Waals surface area contributed by atoms with Crippen LogP contribution in [0.4, 0.5) is 0 Å². The molecule has 0 aromatic rings. The lowest BCUT2D eigenvalue weighted by molar-refractivity contribution is -0.160. The molecule has 11 heteroatoms. The molecule has 274 valence electrons. The first-order valence-electron chi connectivity index (χ1n) is 18.4. The van der Waals surface area contributed by atoms with Crippen molar-refractivity contribution in [3.8, 4) is 0 Å². The predicted octanol–water partition coefficient (Wildman–Crippen LogP) is 8.72. The van der Waals surface area contributed by atoms with Gasteiger partial charge in [0.15, 0.2) is 6.10 Å². The summed E-state index contributed by atoms with van der Waals surface area (Å²) < 4.78 is 31.4. The van der Waals surface area contributed by atoms with Gasteiger partial charge in [0.2, 0.25) is 0 Å². The van der Waals surface area contributed by atoms with Crippen LogP contribution in [-0.4, -0.2) is 65.7 Å². The smallest absolute Gasteiger partial charge is 0.462 e. The molecule has 0 aromatic heterocycles. The van der Waals surface area contributed by atoms with E-state index in [1.165, 1.54) is 135 Å². The Morgan fingerprint density at radius 1 is 0.609 bits per heavy atom. The number of carbonyl (C=O) groups is 2. The molecule has 0 saturated heterocycles. The summed E-state index contributed by atoms with van der Waals surface area (Å²) in [6.45, 7) is 1.34. The van der Waals surface area contributed by atoms with Crippen molar-refractivity contribution in [1.82, 2.24) is 0 Å². The van der Waals surface area contributed by atoms with E-state index in [4.69, 9.17) is 19.1 Å². The van der Waals surface area contributed by atoms with Crippen molar-refractivity contribution >= 4 is 19.8 Å². The first kappa shape index (κ1) is 45.0. The van der Waals surface area contributed by atoms with Gasteiger partial charge in [-0.3, -0.25) is 18.6 Å². The Labute approximate surface area is 280 Å². The summed E-state index contributed by atoms with van der Waals surface area (Å²) in [4.78, 5) is 33.1. The lowest BCUT2D eigenvalue weighted by atomic mass is 10.0. The molecule has 0 rings (SSSR count). The third-order valence-electron chi connectivity index (χ3n) is 8.07. The number of esters is 2. The van der Waals surface area contributed by atoms with E-state index in [9.17, 15) is 24.2 Å². The molecule has 0 heterocycles. The Kier molecular flexibility index (Phi) is 31.8. The van der Waals surface area contributed by atoms with Crippen LogP contribution in [0, 0.1) is 0 Å². The second-order valence-electron chi connectivity index (χ2n) is 12.7. The minimum Gasteiger partial charge on any atom is -0.462 e. The number of phosphoric acid groups is 1. The topological polar surface area (TPSA) is 149 Å². The summed E-state index contributed by atoms with van der Waals surface area (Å²) in [6.07, 6.45) is 29.1. The molecule has 0 bridgehead atoms. The van der Waals surface area contributed by atoms with E-state index in [1.54, 1.807) is 0 Å². The van der Waals surface area contributed by atoms with Crippen molar-refractivity contribution in [1.29, 1.82) is 0 Å². The Balaban J connectivity index is 3.66. The highest BCUT2D eigenvalue weighted by molar-refractivity contribution is 7.47. The predicted molar refractivity (Wildman–Crippen MR) is 182 cm³/mol. The van der Waals surface area contributed by atoms with Crippen LogP contribution in [0.5, 0.6) is 0 Å². The molecule has 46 heavy (non-hydrogen) atoms. The molecule has 0 fully saturated rings. The fourth-order valence-electron chi connectivity index (χ4n) is 5.25. The van der Waals surface area contributed by atoms with Crippen LogP contribution in [0.15, 0.2) is 0 Å². The van der Waals surface area contributed by atoms with Crippen LogP contribution < -0.4 is 0 Å². The summed E-state index contributed by atoms with van der Waals surface area (Å²) in [6, 6.07) is 0. The molecular formula is C35H69O10P.